The predicted molar refractivity (Wildman–Crippen MR) is 171 cm³/mol. The zero-order valence-corrected chi connectivity index (χ0v) is 27.3. The molecule has 1 unspecified atom stereocenters. The molecule has 2 N–H and O–H groups in total. The number of benzene rings is 1. The van der Waals surface area contributed by atoms with Crippen molar-refractivity contribution in [2.45, 2.75) is 57.7 Å². The van der Waals surface area contributed by atoms with Crippen LogP contribution in [0.1, 0.15) is 44.6 Å². The van der Waals surface area contributed by atoms with Crippen molar-refractivity contribution in [2.24, 2.45) is 17.8 Å². The van der Waals surface area contributed by atoms with Crippen molar-refractivity contribution in [1.29, 1.82) is 0 Å². The van der Waals surface area contributed by atoms with Crippen LogP contribution in [0.2, 0.25) is 10.0 Å². The lowest BCUT2D eigenvalue weighted by molar-refractivity contribution is -0.154. The summed E-state index contributed by atoms with van der Waals surface area (Å²) in [4.78, 5) is 51.2. The summed E-state index contributed by atoms with van der Waals surface area (Å²) in [5, 5.41) is 6.74. The van der Waals surface area contributed by atoms with E-state index in [1.807, 2.05) is 0 Å². The van der Waals surface area contributed by atoms with Gasteiger partial charge in [-0.15, -0.1) is 0 Å². The molecule has 242 valence electrons. The first-order valence-electron chi connectivity index (χ1n) is 15.0. The van der Waals surface area contributed by atoms with E-state index in [0.29, 0.717) is 54.2 Å². The average molecular weight is 662 g/mol. The second-order valence-corrected chi connectivity index (χ2v) is 12.2. The van der Waals surface area contributed by atoms with Gasteiger partial charge < -0.3 is 24.8 Å². The Kier molecular flexibility index (Phi) is 9.93. The summed E-state index contributed by atoms with van der Waals surface area (Å²) in [5.74, 6) is 0.946. The molecular weight excluding hydrogens is 623 g/mol. The number of anilines is 3. The molecule has 45 heavy (non-hydrogen) atoms. The Morgan fingerprint density at radius 1 is 1.13 bits per heavy atom. The van der Waals surface area contributed by atoms with Crippen LogP contribution in [-0.4, -0.2) is 67.8 Å². The Morgan fingerprint density at radius 2 is 1.82 bits per heavy atom. The van der Waals surface area contributed by atoms with Gasteiger partial charge >= 0.3 is 12.0 Å². The van der Waals surface area contributed by atoms with Crippen LogP contribution in [0.25, 0.3) is 0 Å². The third-order valence-corrected chi connectivity index (χ3v) is 9.77. The first-order chi connectivity index (χ1) is 21.6. The molecule has 3 aliphatic rings. The van der Waals surface area contributed by atoms with Gasteiger partial charge in [-0.25, -0.2) is 9.78 Å². The minimum absolute atomic E-state index is 0.0944. The second-order valence-electron chi connectivity index (χ2n) is 11.5. The van der Waals surface area contributed by atoms with Crippen molar-refractivity contribution in [3.05, 3.63) is 40.5 Å². The fraction of sp³-hybridized carbons (Fsp3) is 0.516. The monoisotopic (exact) mass is 660 g/mol. The standard InChI is InChI=1S/C31H38Cl2N6O6/c1-6-24(40)35-20-12-19(29(41)45-7-2)18(16-9-8-10-16)11-21(20)36-30-34-14-17-15-39(31(42)38(3)28(17)37-30)27-25(32)22(43-4)13-23(44-5)26(27)33/h6,13-14,16,18-21H,1,7-12,15H2,2-5H3,(H,35,40)(H,34,36,37)/t18?,19-,20-,21+/m0/s1. The number of aromatic nitrogens is 2. The summed E-state index contributed by atoms with van der Waals surface area (Å²) < 4.78 is 16.2. The third kappa shape index (κ3) is 6.35. The van der Waals surface area contributed by atoms with Gasteiger partial charge in [0.1, 0.15) is 27.4 Å². The summed E-state index contributed by atoms with van der Waals surface area (Å²) in [6, 6.07) is 0.471. The van der Waals surface area contributed by atoms with Crippen molar-refractivity contribution >= 4 is 58.6 Å². The van der Waals surface area contributed by atoms with Crippen LogP contribution < -0.4 is 29.9 Å². The number of ether oxygens (including phenoxy) is 3. The number of hydrogen-bond acceptors (Lipinski definition) is 9. The molecule has 0 radical (unpaired) electrons. The van der Waals surface area contributed by atoms with E-state index in [4.69, 9.17) is 42.4 Å². The number of rotatable bonds is 10. The number of amides is 3. The van der Waals surface area contributed by atoms with Gasteiger partial charge in [0.2, 0.25) is 11.9 Å². The van der Waals surface area contributed by atoms with Crippen LogP contribution in [0.4, 0.5) is 22.2 Å². The fourth-order valence-corrected chi connectivity index (χ4v) is 7.24. The van der Waals surface area contributed by atoms with Gasteiger partial charge in [-0.1, -0.05) is 49.0 Å². The van der Waals surface area contributed by atoms with Crippen molar-refractivity contribution in [1.82, 2.24) is 15.3 Å². The summed E-state index contributed by atoms with van der Waals surface area (Å²) in [7, 11) is 4.53. The fourth-order valence-electron chi connectivity index (χ4n) is 6.53. The van der Waals surface area contributed by atoms with Crippen molar-refractivity contribution in [2.75, 3.05) is 43.0 Å². The molecule has 5 rings (SSSR count). The zero-order chi connectivity index (χ0) is 32.4. The molecular formula is C31H38Cl2N6O6. The van der Waals surface area contributed by atoms with Gasteiger partial charge in [0.15, 0.2) is 0 Å². The Labute approximate surface area is 272 Å². The Balaban J connectivity index is 1.43. The van der Waals surface area contributed by atoms with E-state index in [-0.39, 0.29) is 52.0 Å². The van der Waals surface area contributed by atoms with E-state index < -0.39 is 12.1 Å². The molecule has 2 aromatic rings. The van der Waals surface area contributed by atoms with Crippen LogP contribution in [0.15, 0.2) is 24.9 Å². The van der Waals surface area contributed by atoms with Crippen LogP contribution >= 0.6 is 23.2 Å². The van der Waals surface area contributed by atoms with Crippen LogP contribution in [0, 0.1) is 17.8 Å². The molecule has 2 saturated carbocycles. The molecule has 1 aromatic carbocycles. The quantitative estimate of drug-likeness (QED) is 0.260. The van der Waals surface area contributed by atoms with Crippen molar-refractivity contribution in [3.8, 4) is 11.5 Å². The van der Waals surface area contributed by atoms with Gasteiger partial charge in [-0.3, -0.25) is 19.4 Å². The molecule has 2 fully saturated rings. The summed E-state index contributed by atoms with van der Waals surface area (Å²) >= 11 is 13.2. The number of carbonyl (C=O) groups is 3. The first kappa shape index (κ1) is 32.6. The van der Waals surface area contributed by atoms with Crippen molar-refractivity contribution in [3.63, 3.8) is 0 Å². The molecule has 0 bridgehead atoms. The van der Waals surface area contributed by atoms with Crippen LogP contribution in [0.5, 0.6) is 11.5 Å². The minimum atomic E-state index is -0.414. The smallest absolute Gasteiger partial charge is 0.330 e. The first-order valence-corrected chi connectivity index (χ1v) is 15.7. The number of esters is 1. The highest BCUT2D eigenvalue weighted by molar-refractivity contribution is 6.42. The molecule has 1 aromatic heterocycles. The predicted octanol–water partition coefficient (Wildman–Crippen LogP) is 5.22. The molecule has 2 heterocycles. The van der Waals surface area contributed by atoms with Crippen LogP contribution in [0.3, 0.4) is 0 Å². The Bertz CT molecular complexity index is 1460. The highest BCUT2D eigenvalue weighted by atomic mass is 35.5. The second kappa shape index (κ2) is 13.7. The lowest BCUT2D eigenvalue weighted by atomic mass is 9.63. The van der Waals surface area contributed by atoms with E-state index >= 15 is 0 Å². The molecule has 2 aliphatic carbocycles. The summed E-state index contributed by atoms with van der Waals surface area (Å²) in [5.41, 5.74) is 0.909. The Morgan fingerprint density at radius 3 is 2.40 bits per heavy atom. The molecule has 1 aliphatic heterocycles. The van der Waals surface area contributed by atoms with Gasteiger partial charge in [-0.05, 0) is 37.7 Å². The number of hydrogen-bond donors (Lipinski definition) is 2. The van der Waals surface area contributed by atoms with Crippen LogP contribution in [-0.2, 0) is 20.9 Å². The van der Waals surface area contributed by atoms with E-state index in [1.165, 1.54) is 30.1 Å². The SMILES string of the molecule is C=CC(=O)N[C@H]1C[C@H](C(=O)OCC)C(C2CCC2)C[C@H]1Nc1ncc2c(n1)N(C)C(=O)N(c1c(Cl)c(OC)cc(OC)c1Cl)C2. The topological polar surface area (TPSA) is 135 Å². The number of nitrogens with one attached hydrogen (secondary N) is 2. The average Bonchev–Trinajstić information content (AvgIpc) is 3.00. The molecule has 12 nitrogen and oxygen atoms in total. The highest BCUT2D eigenvalue weighted by Crippen LogP contribution is 2.48. The number of halogens is 2. The van der Waals surface area contributed by atoms with Gasteiger partial charge in [-0.2, -0.15) is 4.98 Å². The number of carbonyl (C=O) groups excluding carboxylic acids is 3. The summed E-state index contributed by atoms with van der Waals surface area (Å²) in [6.45, 7) is 5.78. The lowest BCUT2D eigenvalue weighted by Gasteiger charge is -2.46. The number of urea groups is 1. The lowest BCUT2D eigenvalue weighted by Crippen LogP contribution is -2.55. The Hall–Kier alpha value is -3.77. The maximum atomic E-state index is 13.7. The summed E-state index contributed by atoms with van der Waals surface area (Å²) in [6.07, 6.45) is 7.15. The number of fused-ring (bicyclic) bond motifs is 1. The maximum Gasteiger partial charge on any atom is 0.330 e. The highest BCUT2D eigenvalue weighted by Gasteiger charge is 2.46. The number of nitrogens with zero attached hydrogens (tertiary/aromatic N) is 4. The van der Waals surface area contributed by atoms with Crippen molar-refractivity contribution < 1.29 is 28.6 Å². The molecule has 3 amide bonds. The maximum absolute atomic E-state index is 13.7. The van der Waals surface area contributed by atoms with E-state index in [2.05, 4.69) is 22.2 Å². The van der Waals surface area contributed by atoms with E-state index in [1.54, 1.807) is 26.2 Å². The minimum Gasteiger partial charge on any atom is -0.495 e. The number of methoxy groups -OCH3 is 2. The van der Waals surface area contributed by atoms with E-state index in [9.17, 15) is 14.4 Å². The van der Waals surface area contributed by atoms with Gasteiger partial charge in [0, 0.05) is 30.9 Å². The molecule has 4 atom stereocenters. The van der Waals surface area contributed by atoms with Gasteiger partial charge in [0.25, 0.3) is 0 Å². The molecule has 14 heteroatoms. The third-order valence-electron chi connectivity index (χ3n) is 9.03. The van der Waals surface area contributed by atoms with E-state index in [0.717, 1.165) is 19.3 Å². The van der Waals surface area contributed by atoms with Gasteiger partial charge in [0.05, 0.1) is 45.0 Å². The normalized spacial score (nSPS) is 23.0. The molecule has 0 spiro atoms. The largest absolute Gasteiger partial charge is 0.495 e. The molecule has 0 saturated heterocycles. The zero-order valence-electron chi connectivity index (χ0n) is 25.8.